The molecule has 2 rings (SSSR count). The van der Waals surface area contributed by atoms with Gasteiger partial charge >= 0.3 is 0 Å². The number of benzene rings is 1. The standard InChI is InChI=1S/C11H8INS/c12-9-1-2-10-8(3-5-13)4-6-14-11(10)7-9/h1-3,7H,4,6H2/b8-3+. The van der Waals surface area contributed by atoms with Gasteiger partial charge in [0.25, 0.3) is 0 Å². The number of nitriles is 1. The van der Waals surface area contributed by atoms with Gasteiger partial charge in [-0.15, -0.1) is 11.8 Å². The molecule has 3 heteroatoms. The Balaban J connectivity index is 2.51. The highest BCUT2D eigenvalue weighted by molar-refractivity contribution is 14.1. The van der Waals surface area contributed by atoms with E-state index in [0.29, 0.717) is 0 Å². The lowest BCUT2D eigenvalue weighted by Gasteiger charge is -2.17. The smallest absolute Gasteiger partial charge is 0.0915 e. The highest BCUT2D eigenvalue weighted by Gasteiger charge is 2.14. The second-order valence-electron chi connectivity index (χ2n) is 3.04. The molecule has 1 nitrogen and oxygen atoms in total. The maximum absolute atomic E-state index is 8.66. The Morgan fingerprint density at radius 3 is 3.14 bits per heavy atom. The zero-order valence-corrected chi connectivity index (χ0v) is 10.4. The fraction of sp³-hybridized carbons (Fsp3) is 0.182. The van der Waals surface area contributed by atoms with Gasteiger partial charge in [-0.2, -0.15) is 5.26 Å². The van der Waals surface area contributed by atoms with Gasteiger partial charge in [0.05, 0.1) is 6.07 Å². The van der Waals surface area contributed by atoms with Crippen LogP contribution in [0.5, 0.6) is 0 Å². The fourth-order valence-electron chi connectivity index (χ4n) is 1.51. The number of rotatable bonds is 0. The van der Waals surface area contributed by atoms with Gasteiger partial charge in [0.2, 0.25) is 0 Å². The number of thioether (sulfide) groups is 1. The molecular weight excluding hydrogens is 305 g/mol. The zero-order chi connectivity index (χ0) is 9.97. The van der Waals surface area contributed by atoms with Crippen LogP contribution in [0.25, 0.3) is 5.57 Å². The third-order valence-electron chi connectivity index (χ3n) is 2.16. The molecule has 0 fully saturated rings. The van der Waals surface area contributed by atoms with Crippen molar-refractivity contribution >= 4 is 39.9 Å². The van der Waals surface area contributed by atoms with Crippen molar-refractivity contribution in [2.24, 2.45) is 0 Å². The lowest BCUT2D eigenvalue weighted by Crippen LogP contribution is -1.97. The monoisotopic (exact) mass is 313 g/mol. The highest BCUT2D eigenvalue weighted by Crippen LogP contribution is 2.37. The van der Waals surface area contributed by atoms with Gasteiger partial charge in [-0.05, 0) is 52.3 Å². The maximum Gasteiger partial charge on any atom is 0.0915 e. The molecule has 0 N–H and O–H groups in total. The number of allylic oxidation sites excluding steroid dienone is 2. The van der Waals surface area contributed by atoms with Gasteiger partial charge in [0, 0.05) is 20.3 Å². The molecule has 14 heavy (non-hydrogen) atoms. The van der Waals surface area contributed by atoms with E-state index >= 15 is 0 Å². The van der Waals surface area contributed by atoms with Crippen molar-refractivity contribution < 1.29 is 0 Å². The molecule has 70 valence electrons. The maximum atomic E-state index is 8.66. The van der Waals surface area contributed by atoms with E-state index in [4.69, 9.17) is 5.26 Å². The molecule has 1 heterocycles. The van der Waals surface area contributed by atoms with Crippen LogP contribution >= 0.6 is 34.4 Å². The Bertz CT molecular complexity index is 431. The zero-order valence-electron chi connectivity index (χ0n) is 7.46. The van der Waals surface area contributed by atoms with Crippen molar-refractivity contribution in [2.75, 3.05) is 5.75 Å². The Labute approximate surface area is 101 Å². The minimum Gasteiger partial charge on any atom is -0.193 e. The van der Waals surface area contributed by atoms with E-state index in [9.17, 15) is 0 Å². The van der Waals surface area contributed by atoms with Crippen molar-refractivity contribution in [1.82, 2.24) is 0 Å². The minimum atomic E-state index is 1.01. The lowest BCUT2D eigenvalue weighted by molar-refractivity contribution is 1.18. The van der Waals surface area contributed by atoms with Crippen molar-refractivity contribution in [3.05, 3.63) is 33.4 Å². The summed E-state index contributed by atoms with van der Waals surface area (Å²) in [6.07, 6.45) is 2.68. The van der Waals surface area contributed by atoms with Crippen LogP contribution in [0.2, 0.25) is 0 Å². The molecule has 0 aromatic heterocycles. The van der Waals surface area contributed by atoms with Crippen molar-refractivity contribution in [1.29, 1.82) is 5.26 Å². The van der Waals surface area contributed by atoms with E-state index < -0.39 is 0 Å². The van der Waals surface area contributed by atoms with Crippen LogP contribution in [0, 0.1) is 14.9 Å². The Kier molecular flexibility index (Phi) is 3.14. The predicted molar refractivity (Wildman–Crippen MR) is 68.1 cm³/mol. The second kappa shape index (κ2) is 4.37. The molecule has 0 saturated carbocycles. The van der Waals surface area contributed by atoms with E-state index in [0.717, 1.165) is 12.2 Å². The molecule has 0 amide bonds. The molecular formula is C11H8INS. The molecule has 0 spiro atoms. The van der Waals surface area contributed by atoms with E-state index in [-0.39, 0.29) is 0 Å². The molecule has 1 aliphatic heterocycles. The quantitative estimate of drug-likeness (QED) is 0.539. The molecule has 0 bridgehead atoms. The number of hydrogen-bond donors (Lipinski definition) is 0. The van der Waals surface area contributed by atoms with Crippen LogP contribution in [0.15, 0.2) is 29.2 Å². The SMILES string of the molecule is N#C/C=C1\CCSc2cc(I)ccc21. The van der Waals surface area contributed by atoms with Crippen LogP contribution in [-0.2, 0) is 0 Å². The van der Waals surface area contributed by atoms with Gasteiger partial charge in [0.15, 0.2) is 0 Å². The Morgan fingerprint density at radius 2 is 2.36 bits per heavy atom. The molecule has 0 aliphatic carbocycles. The Morgan fingerprint density at radius 1 is 1.50 bits per heavy atom. The first-order valence-corrected chi connectivity index (χ1v) is 6.39. The van der Waals surface area contributed by atoms with Crippen molar-refractivity contribution in [3.63, 3.8) is 0 Å². The minimum absolute atomic E-state index is 1.01. The summed E-state index contributed by atoms with van der Waals surface area (Å²) in [6, 6.07) is 8.52. The average Bonchev–Trinajstić information content (AvgIpc) is 2.18. The summed E-state index contributed by atoms with van der Waals surface area (Å²) < 4.78 is 1.26. The summed E-state index contributed by atoms with van der Waals surface area (Å²) in [5.74, 6) is 1.08. The van der Waals surface area contributed by atoms with Gasteiger partial charge in [0.1, 0.15) is 0 Å². The van der Waals surface area contributed by atoms with E-state index in [1.807, 2.05) is 11.8 Å². The van der Waals surface area contributed by atoms with E-state index in [1.165, 1.54) is 19.6 Å². The van der Waals surface area contributed by atoms with E-state index in [1.54, 1.807) is 6.08 Å². The van der Waals surface area contributed by atoms with Crippen LogP contribution in [0.3, 0.4) is 0 Å². The van der Waals surface area contributed by atoms with Gasteiger partial charge in [-0.25, -0.2) is 0 Å². The topological polar surface area (TPSA) is 23.8 Å². The highest BCUT2D eigenvalue weighted by atomic mass is 127. The first-order valence-electron chi connectivity index (χ1n) is 4.32. The molecule has 1 aromatic rings. The van der Waals surface area contributed by atoms with Crippen molar-refractivity contribution in [2.45, 2.75) is 11.3 Å². The van der Waals surface area contributed by atoms with Gasteiger partial charge in [-0.3, -0.25) is 0 Å². The van der Waals surface area contributed by atoms with Gasteiger partial charge < -0.3 is 0 Å². The summed E-state index contributed by atoms with van der Waals surface area (Å²) in [6.45, 7) is 0. The third-order valence-corrected chi connectivity index (χ3v) is 3.89. The summed E-state index contributed by atoms with van der Waals surface area (Å²) in [4.78, 5) is 1.31. The molecule has 1 aromatic carbocycles. The van der Waals surface area contributed by atoms with Crippen LogP contribution < -0.4 is 0 Å². The third kappa shape index (κ3) is 1.96. The van der Waals surface area contributed by atoms with Crippen LogP contribution in [-0.4, -0.2) is 5.75 Å². The first-order chi connectivity index (χ1) is 6.81. The summed E-state index contributed by atoms with van der Waals surface area (Å²) in [7, 11) is 0. The molecule has 0 saturated heterocycles. The van der Waals surface area contributed by atoms with Crippen molar-refractivity contribution in [3.8, 4) is 6.07 Å². The number of fused-ring (bicyclic) bond motifs is 1. The number of hydrogen-bond acceptors (Lipinski definition) is 2. The van der Waals surface area contributed by atoms with Crippen LogP contribution in [0.4, 0.5) is 0 Å². The number of halogens is 1. The lowest BCUT2D eigenvalue weighted by atomic mass is 10.0. The largest absolute Gasteiger partial charge is 0.193 e. The van der Waals surface area contributed by atoms with E-state index in [2.05, 4.69) is 46.9 Å². The molecule has 0 radical (unpaired) electrons. The molecule has 0 unspecified atom stereocenters. The fourth-order valence-corrected chi connectivity index (χ4v) is 3.32. The summed E-state index contributed by atoms with van der Waals surface area (Å²) in [5.41, 5.74) is 2.42. The molecule has 0 atom stereocenters. The normalized spacial score (nSPS) is 17.6. The second-order valence-corrected chi connectivity index (χ2v) is 5.42. The van der Waals surface area contributed by atoms with Crippen LogP contribution in [0.1, 0.15) is 12.0 Å². The molecule has 1 aliphatic rings. The summed E-state index contributed by atoms with van der Waals surface area (Å²) >= 11 is 4.19. The predicted octanol–water partition coefficient (Wildman–Crippen LogP) is 3.69. The Hall–Kier alpha value is -0.470. The first kappa shape index (κ1) is 10.1. The number of nitrogens with zero attached hydrogens (tertiary/aromatic N) is 1. The van der Waals surface area contributed by atoms with Gasteiger partial charge in [-0.1, -0.05) is 6.07 Å². The summed E-state index contributed by atoms with van der Waals surface area (Å²) in [5, 5.41) is 8.66. The average molecular weight is 313 g/mol.